The van der Waals surface area contributed by atoms with Gasteiger partial charge in [-0.25, -0.2) is 0 Å². The standard InChI is InChI=1S/C14H26N2O2/c1-3-6-15-13-9-18-8-12(13)14(17)16-10(2)7-11-4-5-11/h10-13,15H,3-9H2,1-2H3,(H,16,17). The molecule has 4 nitrogen and oxygen atoms in total. The van der Waals surface area contributed by atoms with E-state index in [0.717, 1.165) is 25.3 Å². The molecule has 0 aromatic carbocycles. The van der Waals surface area contributed by atoms with Crippen LogP contribution in [0.5, 0.6) is 0 Å². The van der Waals surface area contributed by atoms with Crippen LogP contribution in [0.1, 0.15) is 39.5 Å². The number of nitrogens with one attached hydrogen (secondary N) is 2. The lowest BCUT2D eigenvalue weighted by atomic mass is 10.0. The maximum atomic E-state index is 12.2. The number of amides is 1. The maximum Gasteiger partial charge on any atom is 0.227 e. The number of hydrogen-bond acceptors (Lipinski definition) is 3. The molecule has 0 aromatic rings. The van der Waals surface area contributed by atoms with Crippen LogP contribution >= 0.6 is 0 Å². The topological polar surface area (TPSA) is 50.4 Å². The zero-order chi connectivity index (χ0) is 13.0. The molecule has 2 aliphatic rings. The summed E-state index contributed by atoms with van der Waals surface area (Å²) < 4.78 is 5.44. The van der Waals surface area contributed by atoms with Crippen molar-refractivity contribution in [3.8, 4) is 0 Å². The summed E-state index contributed by atoms with van der Waals surface area (Å²) in [6.07, 6.45) is 4.90. The second-order valence-electron chi connectivity index (χ2n) is 5.79. The first-order chi connectivity index (χ1) is 8.70. The molecule has 104 valence electrons. The molecular weight excluding hydrogens is 228 g/mol. The van der Waals surface area contributed by atoms with E-state index in [0.29, 0.717) is 19.3 Å². The molecular formula is C14H26N2O2. The third-order valence-electron chi connectivity index (χ3n) is 3.85. The van der Waals surface area contributed by atoms with E-state index in [-0.39, 0.29) is 17.9 Å². The van der Waals surface area contributed by atoms with Gasteiger partial charge >= 0.3 is 0 Å². The fourth-order valence-electron chi connectivity index (χ4n) is 2.61. The summed E-state index contributed by atoms with van der Waals surface area (Å²) in [4.78, 5) is 12.2. The van der Waals surface area contributed by atoms with E-state index < -0.39 is 0 Å². The highest BCUT2D eigenvalue weighted by Crippen LogP contribution is 2.33. The van der Waals surface area contributed by atoms with Gasteiger partial charge in [0, 0.05) is 12.1 Å². The van der Waals surface area contributed by atoms with Crippen molar-refractivity contribution >= 4 is 5.91 Å². The number of carbonyl (C=O) groups is 1. The summed E-state index contributed by atoms with van der Waals surface area (Å²) in [7, 11) is 0. The van der Waals surface area contributed by atoms with Crippen LogP contribution in [-0.4, -0.2) is 37.7 Å². The molecule has 1 saturated carbocycles. The Kier molecular flexibility index (Phi) is 5.01. The van der Waals surface area contributed by atoms with Crippen LogP contribution in [0.2, 0.25) is 0 Å². The minimum Gasteiger partial charge on any atom is -0.379 e. The summed E-state index contributed by atoms with van der Waals surface area (Å²) in [5, 5.41) is 6.54. The van der Waals surface area contributed by atoms with E-state index in [1.165, 1.54) is 12.8 Å². The van der Waals surface area contributed by atoms with Crippen molar-refractivity contribution in [2.24, 2.45) is 11.8 Å². The van der Waals surface area contributed by atoms with Gasteiger partial charge in [-0.1, -0.05) is 19.8 Å². The average molecular weight is 254 g/mol. The van der Waals surface area contributed by atoms with Crippen LogP contribution in [0.4, 0.5) is 0 Å². The number of rotatable bonds is 7. The lowest BCUT2D eigenvalue weighted by Crippen LogP contribution is -2.46. The third kappa shape index (κ3) is 3.95. The zero-order valence-corrected chi connectivity index (χ0v) is 11.6. The molecule has 0 spiro atoms. The molecule has 1 amide bonds. The van der Waals surface area contributed by atoms with Crippen molar-refractivity contribution in [2.75, 3.05) is 19.8 Å². The van der Waals surface area contributed by atoms with Crippen molar-refractivity contribution in [2.45, 2.75) is 51.6 Å². The van der Waals surface area contributed by atoms with Gasteiger partial charge in [-0.2, -0.15) is 0 Å². The lowest BCUT2D eigenvalue weighted by molar-refractivity contribution is -0.126. The highest BCUT2D eigenvalue weighted by atomic mass is 16.5. The highest BCUT2D eigenvalue weighted by molar-refractivity contribution is 5.80. The van der Waals surface area contributed by atoms with Gasteiger partial charge in [0.15, 0.2) is 0 Å². The number of ether oxygens (including phenoxy) is 1. The Morgan fingerprint density at radius 3 is 2.83 bits per heavy atom. The van der Waals surface area contributed by atoms with Crippen molar-refractivity contribution in [1.82, 2.24) is 10.6 Å². The number of carbonyl (C=O) groups excluding carboxylic acids is 1. The molecule has 1 saturated heterocycles. The Hall–Kier alpha value is -0.610. The molecule has 2 fully saturated rings. The Morgan fingerprint density at radius 2 is 2.17 bits per heavy atom. The van der Waals surface area contributed by atoms with E-state index in [9.17, 15) is 4.79 Å². The van der Waals surface area contributed by atoms with Crippen molar-refractivity contribution in [3.63, 3.8) is 0 Å². The van der Waals surface area contributed by atoms with E-state index in [2.05, 4.69) is 24.5 Å². The van der Waals surface area contributed by atoms with Crippen molar-refractivity contribution in [3.05, 3.63) is 0 Å². The van der Waals surface area contributed by atoms with E-state index in [4.69, 9.17) is 4.74 Å². The van der Waals surface area contributed by atoms with Crippen LogP contribution in [0.3, 0.4) is 0 Å². The van der Waals surface area contributed by atoms with Crippen LogP contribution in [0.15, 0.2) is 0 Å². The molecule has 0 radical (unpaired) electrons. The van der Waals surface area contributed by atoms with Crippen LogP contribution < -0.4 is 10.6 Å². The molecule has 2 rings (SSSR count). The van der Waals surface area contributed by atoms with Crippen molar-refractivity contribution in [1.29, 1.82) is 0 Å². The van der Waals surface area contributed by atoms with Crippen molar-refractivity contribution < 1.29 is 9.53 Å². The molecule has 18 heavy (non-hydrogen) atoms. The second kappa shape index (κ2) is 6.53. The minimum absolute atomic E-state index is 0.0156. The van der Waals surface area contributed by atoms with Gasteiger partial charge in [0.1, 0.15) is 0 Å². The molecule has 1 aliphatic heterocycles. The molecule has 4 heteroatoms. The van der Waals surface area contributed by atoms with Gasteiger partial charge in [-0.05, 0) is 32.2 Å². The van der Waals surface area contributed by atoms with Gasteiger partial charge in [-0.15, -0.1) is 0 Å². The Balaban J connectivity index is 1.75. The first-order valence-corrected chi connectivity index (χ1v) is 7.32. The van der Waals surface area contributed by atoms with Gasteiger partial charge in [0.25, 0.3) is 0 Å². The predicted octanol–water partition coefficient (Wildman–Crippen LogP) is 1.31. The predicted molar refractivity (Wildman–Crippen MR) is 71.3 cm³/mol. The van der Waals surface area contributed by atoms with E-state index in [1.807, 2.05) is 0 Å². The van der Waals surface area contributed by atoms with E-state index in [1.54, 1.807) is 0 Å². The summed E-state index contributed by atoms with van der Waals surface area (Å²) in [5.74, 6) is 1.00. The molecule has 3 atom stereocenters. The smallest absolute Gasteiger partial charge is 0.227 e. The third-order valence-corrected chi connectivity index (χ3v) is 3.85. The molecule has 2 N–H and O–H groups in total. The summed E-state index contributed by atoms with van der Waals surface area (Å²) in [5.41, 5.74) is 0. The second-order valence-corrected chi connectivity index (χ2v) is 5.79. The fraction of sp³-hybridized carbons (Fsp3) is 0.929. The molecule has 0 bridgehead atoms. The number of hydrogen-bond donors (Lipinski definition) is 2. The first kappa shape index (κ1) is 13.8. The van der Waals surface area contributed by atoms with Crippen LogP contribution in [0, 0.1) is 11.8 Å². The Bertz CT molecular complexity index is 279. The molecule has 1 aliphatic carbocycles. The van der Waals surface area contributed by atoms with Gasteiger partial charge < -0.3 is 15.4 Å². The monoisotopic (exact) mass is 254 g/mol. The Morgan fingerprint density at radius 1 is 1.39 bits per heavy atom. The van der Waals surface area contributed by atoms with E-state index >= 15 is 0 Å². The average Bonchev–Trinajstić information content (AvgIpc) is 3.01. The summed E-state index contributed by atoms with van der Waals surface area (Å²) >= 11 is 0. The van der Waals surface area contributed by atoms with Crippen LogP contribution in [-0.2, 0) is 9.53 Å². The van der Waals surface area contributed by atoms with Gasteiger partial charge in [-0.3, -0.25) is 4.79 Å². The zero-order valence-electron chi connectivity index (χ0n) is 11.6. The van der Waals surface area contributed by atoms with Gasteiger partial charge in [0.05, 0.1) is 19.1 Å². The Labute approximate surface area is 110 Å². The normalized spacial score (nSPS) is 29.2. The van der Waals surface area contributed by atoms with Gasteiger partial charge in [0.2, 0.25) is 5.91 Å². The highest BCUT2D eigenvalue weighted by Gasteiger charge is 2.34. The van der Waals surface area contributed by atoms with Crippen LogP contribution in [0.25, 0.3) is 0 Å². The molecule has 1 heterocycles. The quantitative estimate of drug-likeness (QED) is 0.720. The lowest BCUT2D eigenvalue weighted by Gasteiger charge is -2.21. The summed E-state index contributed by atoms with van der Waals surface area (Å²) in [6.45, 7) is 6.42. The fourth-order valence-corrected chi connectivity index (χ4v) is 2.61. The first-order valence-electron chi connectivity index (χ1n) is 7.32. The minimum atomic E-state index is -0.0156. The molecule has 3 unspecified atom stereocenters. The largest absolute Gasteiger partial charge is 0.379 e. The SMILES string of the molecule is CCCNC1COCC1C(=O)NC(C)CC1CC1. The maximum absolute atomic E-state index is 12.2. The summed E-state index contributed by atoms with van der Waals surface area (Å²) in [6, 6.07) is 0.496. The molecule has 0 aromatic heterocycles.